The molecule has 0 unspecified atom stereocenters. The maximum atomic E-state index is 12.6. The van der Waals surface area contributed by atoms with Crippen LogP contribution in [-0.2, 0) is 0 Å². The second kappa shape index (κ2) is 1.99. The first-order chi connectivity index (χ1) is 5.29. The van der Waals surface area contributed by atoms with E-state index in [0.29, 0.717) is 10.9 Å². The third-order valence-electron chi connectivity index (χ3n) is 1.63. The Morgan fingerprint density at radius 3 is 2.73 bits per heavy atom. The van der Waals surface area contributed by atoms with E-state index in [9.17, 15) is 4.39 Å². The van der Waals surface area contributed by atoms with Crippen LogP contribution in [0.25, 0.3) is 10.9 Å². The van der Waals surface area contributed by atoms with E-state index < -0.39 is 5.95 Å². The van der Waals surface area contributed by atoms with Gasteiger partial charge >= 0.3 is 0 Å². The van der Waals surface area contributed by atoms with Crippen molar-refractivity contribution < 1.29 is 9.50 Å². The van der Waals surface area contributed by atoms with E-state index in [-0.39, 0.29) is 5.75 Å². The van der Waals surface area contributed by atoms with Crippen molar-refractivity contribution in [2.75, 3.05) is 0 Å². The quantitative estimate of drug-likeness (QED) is 0.593. The van der Waals surface area contributed by atoms with Crippen LogP contribution in [-0.4, -0.2) is 10.1 Å². The van der Waals surface area contributed by atoms with Gasteiger partial charge in [0.15, 0.2) is 5.75 Å². The van der Waals surface area contributed by atoms with Crippen molar-refractivity contribution in [2.45, 2.75) is 0 Å². The Morgan fingerprint density at radius 2 is 2.00 bits per heavy atom. The van der Waals surface area contributed by atoms with Gasteiger partial charge in [-0.3, -0.25) is 0 Å². The fourth-order valence-corrected chi connectivity index (χ4v) is 1.09. The van der Waals surface area contributed by atoms with Crippen LogP contribution in [0.5, 0.6) is 5.75 Å². The average Bonchev–Trinajstić information content (AvgIpc) is 2.30. The number of H-pyrrole nitrogens is 1. The smallest absolute Gasteiger partial charge is 0.234 e. The first-order valence-electron chi connectivity index (χ1n) is 3.24. The Balaban J connectivity index is 2.92. The fraction of sp³-hybridized carbons (Fsp3) is 0. The Labute approximate surface area is 62.3 Å². The third-order valence-corrected chi connectivity index (χ3v) is 1.63. The van der Waals surface area contributed by atoms with Crippen molar-refractivity contribution in [1.82, 2.24) is 4.98 Å². The van der Waals surface area contributed by atoms with Crippen LogP contribution < -0.4 is 0 Å². The Kier molecular flexibility index (Phi) is 1.12. The summed E-state index contributed by atoms with van der Waals surface area (Å²) in [6.07, 6.45) is 0. The molecule has 1 aromatic heterocycles. The minimum Gasteiger partial charge on any atom is -0.503 e. The molecule has 0 atom stereocenters. The lowest BCUT2D eigenvalue weighted by Gasteiger charge is -1.85. The average molecular weight is 151 g/mol. The summed E-state index contributed by atoms with van der Waals surface area (Å²) in [6, 6.07) is 6.88. The summed E-state index contributed by atoms with van der Waals surface area (Å²) in [5.41, 5.74) is 0.613. The van der Waals surface area contributed by atoms with Crippen molar-refractivity contribution in [2.24, 2.45) is 0 Å². The molecular formula is C8H6FNO. The van der Waals surface area contributed by atoms with Crippen LogP contribution in [0.1, 0.15) is 0 Å². The summed E-state index contributed by atoms with van der Waals surface area (Å²) < 4.78 is 12.6. The number of rotatable bonds is 0. The van der Waals surface area contributed by atoms with Gasteiger partial charge in [0.2, 0.25) is 5.95 Å². The molecule has 0 bridgehead atoms. The zero-order chi connectivity index (χ0) is 7.84. The standard InChI is InChI=1S/C8H6FNO/c9-8-7(11)5-3-1-2-4-6(5)10-8/h1-4,10-11H. The predicted octanol–water partition coefficient (Wildman–Crippen LogP) is 2.01. The van der Waals surface area contributed by atoms with E-state index in [1.54, 1.807) is 24.3 Å². The number of hydrogen-bond donors (Lipinski definition) is 2. The number of benzene rings is 1. The lowest BCUT2D eigenvalue weighted by Crippen LogP contribution is -1.67. The first-order valence-corrected chi connectivity index (χ1v) is 3.24. The molecule has 2 N–H and O–H groups in total. The van der Waals surface area contributed by atoms with Crippen LogP contribution in [0.3, 0.4) is 0 Å². The highest BCUT2D eigenvalue weighted by Crippen LogP contribution is 2.26. The summed E-state index contributed by atoms with van der Waals surface area (Å²) >= 11 is 0. The van der Waals surface area contributed by atoms with Gasteiger partial charge in [0.25, 0.3) is 0 Å². The van der Waals surface area contributed by atoms with Crippen molar-refractivity contribution >= 4 is 10.9 Å². The number of nitrogens with one attached hydrogen (secondary N) is 1. The van der Waals surface area contributed by atoms with Crippen LogP contribution in [0.4, 0.5) is 4.39 Å². The Hall–Kier alpha value is -1.51. The topological polar surface area (TPSA) is 36.0 Å². The zero-order valence-corrected chi connectivity index (χ0v) is 5.63. The van der Waals surface area contributed by atoms with Crippen LogP contribution in [0, 0.1) is 5.95 Å². The number of aromatic nitrogens is 1. The minimum atomic E-state index is -0.675. The van der Waals surface area contributed by atoms with Crippen molar-refractivity contribution in [3.05, 3.63) is 30.2 Å². The lowest BCUT2D eigenvalue weighted by atomic mass is 10.2. The maximum absolute atomic E-state index is 12.6. The maximum Gasteiger partial charge on any atom is 0.234 e. The summed E-state index contributed by atoms with van der Waals surface area (Å²) in [5.74, 6) is -0.980. The van der Waals surface area contributed by atoms with Crippen molar-refractivity contribution in [3.8, 4) is 5.75 Å². The van der Waals surface area contributed by atoms with Crippen LogP contribution >= 0.6 is 0 Å². The number of halogens is 1. The molecule has 2 nitrogen and oxygen atoms in total. The van der Waals surface area contributed by atoms with Gasteiger partial charge in [0.1, 0.15) is 0 Å². The zero-order valence-electron chi connectivity index (χ0n) is 5.63. The van der Waals surface area contributed by atoms with E-state index in [1.165, 1.54) is 0 Å². The highest BCUT2D eigenvalue weighted by molar-refractivity contribution is 5.85. The van der Waals surface area contributed by atoms with E-state index in [4.69, 9.17) is 5.11 Å². The fourth-order valence-electron chi connectivity index (χ4n) is 1.09. The number of aromatic amines is 1. The van der Waals surface area contributed by atoms with Gasteiger partial charge in [-0.25, -0.2) is 0 Å². The van der Waals surface area contributed by atoms with Gasteiger partial charge in [-0.2, -0.15) is 4.39 Å². The van der Waals surface area contributed by atoms with Gasteiger partial charge in [0, 0.05) is 5.39 Å². The lowest BCUT2D eigenvalue weighted by molar-refractivity contribution is 0.431. The number of fused-ring (bicyclic) bond motifs is 1. The molecule has 0 aliphatic rings. The summed E-state index contributed by atoms with van der Waals surface area (Å²) in [6.45, 7) is 0. The van der Waals surface area contributed by atoms with Gasteiger partial charge in [-0.15, -0.1) is 0 Å². The van der Waals surface area contributed by atoms with Gasteiger partial charge < -0.3 is 10.1 Å². The van der Waals surface area contributed by atoms with Crippen molar-refractivity contribution in [3.63, 3.8) is 0 Å². The van der Waals surface area contributed by atoms with Gasteiger partial charge in [0.05, 0.1) is 5.52 Å². The molecule has 0 saturated carbocycles. The second-order valence-electron chi connectivity index (χ2n) is 2.33. The van der Waals surface area contributed by atoms with E-state index in [0.717, 1.165) is 0 Å². The molecule has 2 aromatic rings. The molecule has 2 rings (SSSR count). The summed E-state index contributed by atoms with van der Waals surface area (Å²) in [7, 11) is 0. The monoisotopic (exact) mass is 151 g/mol. The second-order valence-corrected chi connectivity index (χ2v) is 2.33. The normalized spacial score (nSPS) is 10.6. The number of aromatic hydroxyl groups is 1. The molecule has 11 heavy (non-hydrogen) atoms. The van der Waals surface area contributed by atoms with Gasteiger partial charge in [-0.1, -0.05) is 12.1 Å². The number of hydrogen-bond acceptors (Lipinski definition) is 1. The third kappa shape index (κ3) is 0.774. The van der Waals surface area contributed by atoms with Gasteiger partial charge in [-0.05, 0) is 12.1 Å². The first kappa shape index (κ1) is 6.22. The molecular weight excluding hydrogens is 145 g/mol. The van der Waals surface area contributed by atoms with E-state index >= 15 is 0 Å². The highest BCUT2D eigenvalue weighted by atomic mass is 19.1. The molecule has 1 aromatic carbocycles. The Bertz CT molecular complexity index is 394. The molecule has 0 saturated heterocycles. The summed E-state index contributed by atoms with van der Waals surface area (Å²) in [5, 5.41) is 9.61. The van der Waals surface area contributed by atoms with Crippen LogP contribution in [0.15, 0.2) is 24.3 Å². The summed E-state index contributed by atoms with van der Waals surface area (Å²) in [4.78, 5) is 2.41. The molecule has 0 aliphatic carbocycles. The molecule has 56 valence electrons. The SMILES string of the molecule is Oc1c(F)[nH]c2ccccc12. The highest BCUT2D eigenvalue weighted by Gasteiger charge is 2.07. The molecule has 0 aliphatic heterocycles. The largest absolute Gasteiger partial charge is 0.503 e. The van der Waals surface area contributed by atoms with Crippen LogP contribution in [0.2, 0.25) is 0 Å². The molecule has 0 spiro atoms. The molecule has 3 heteroatoms. The molecule has 0 amide bonds. The molecule has 0 radical (unpaired) electrons. The van der Waals surface area contributed by atoms with E-state index in [1.807, 2.05) is 0 Å². The molecule has 0 fully saturated rings. The predicted molar refractivity (Wildman–Crippen MR) is 39.9 cm³/mol. The van der Waals surface area contributed by atoms with E-state index in [2.05, 4.69) is 4.98 Å². The number of para-hydroxylation sites is 1. The Morgan fingerprint density at radius 1 is 1.27 bits per heavy atom. The van der Waals surface area contributed by atoms with Crippen molar-refractivity contribution in [1.29, 1.82) is 0 Å². The minimum absolute atomic E-state index is 0.305. The molecule has 1 heterocycles.